The molecule has 1 aliphatic rings. The highest BCUT2D eigenvalue weighted by atomic mass is 31.1. The van der Waals surface area contributed by atoms with E-state index in [0.717, 1.165) is 13.2 Å². The molecule has 4 heteroatoms. The number of amides is 1. The Morgan fingerprint density at radius 2 is 2.58 bits per heavy atom. The summed E-state index contributed by atoms with van der Waals surface area (Å²) < 4.78 is 5.05. The maximum atomic E-state index is 11.3. The van der Waals surface area contributed by atoms with Crippen molar-refractivity contribution < 1.29 is 9.53 Å². The van der Waals surface area contributed by atoms with Crippen molar-refractivity contribution >= 4 is 14.2 Å². The number of hydrogen-bond donors (Lipinski definition) is 0. The van der Waals surface area contributed by atoms with E-state index in [1.54, 1.807) is 11.0 Å². The van der Waals surface area contributed by atoms with Crippen LogP contribution < -0.4 is 0 Å². The Hall–Kier alpha value is -0.400. The molecule has 0 bridgehead atoms. The second-order valence-corrected chi connectivity index (χ2v) is 3.63. The predicted molar refractivity (Wildman–Crippen MR) is 51.1 cm³/mol. The van der Waals surface area contributed by atoms with Crippen molar-refractivity contribution in [3.05, 3.63) is 12.7 Å². The summed E-state index contributed by atoms with van der Waals surface area (Å²) in [5.41, 5.74) is 0.199. The molecule has 0 spiro atoms. The normalized spacial score (nSPS) is 21.2. The number of carbonyl (C=O) groups excluding carboxylic acids is 1. The Morgan fingerprint density at radius 3 is 3.00 bits per heavy atom. The number of rotatable bonds is 5. The summed E-state index contributed by atoms with van der Waals surface area (Å²) in [7, 11) is 0.333. The van der Waals surface area contributed by atoms with Crippen molar-refractivity contribution in [1.29, 1.82) is 0 Å². The SMILES string of the molecule is C=CCN(CC1CO1)C(=O)PC. The molecule has 0 aliphatic carbocycles. The molecular formula is C8H14NO2P. The van der Waals surface area contributed by atoms with Crippen molar-refractivity contribution in [2.24, 2.45) is 0 Å². The van der Waals surface area contributed by atoms with Crippen molar-refractivity contribution in [1.82, 2.24) is 4.90 Å². The third-order valence-corrected chi connectivity index (χ3v) is 2.42. The third kappa shape index (κ3) is 2.92. The van der Waals surface area contributed by atoms with Gasteiger partial charge in [0.1, 0.15) is 0 Å². The van der Waals surface area contributed by atoms with Gasteiger partial charge in [-0.3, -0.25) is 4.79 Å². The minimum absolute atomic E-state index is 0.199. The van der Waals surface area contributed by atoms with Crippen LogP contribution in [0, 0.1) is 0 Å². The summed E-state index contributed by atoms with van der Waals surface area (Å²) in [5.74, 6) is 0. The van der Waals surface area contributed by atoms with E-state index in [2.05, 4.69) is 6.58 Å². The van der Waals surface area contributed by atoms with Crippen LogP contribution in [0.1, 0.15) is 0 Å². The lowest BCUT2D eigenvalue weighted by atomic mass is 10.4. The summed E-state index contributed by atoms with van der Waals surface area (Å²) in [4.78, 5) is 13.1. The average Bonchev–Trinajstić information content (AvgIpc) is 2.86. The van der Waals surface area contributed by atoms with Crippen LogP contribution in [0.4, 0.5) is 4.79 Å². The minimum atomic E-state index is 0.199. The highest BCUT2D eigenvalue weighted by Crippen LogP contribution is 2.16. The van der Waals surface area contributed by atoms with Crippen LogP contribution in [0.5, 0.6) is 0 Å². The van der Waals surface area contributed by atoms with Crippen molar-refractivity contribution in [3.8, 4) is 0 Å². The van der Waals surface area contributed by atoms with Crippen LogP contribution in [-0.4, -0.2) is 43.0 Å². The lowest BCUT2D eigenvalue weighted by Gasteiger charge is -2.18. The van der Waals surface area contributed by atoms with Gasteiger partial charge in [0, 0.05) is 13.1 Å². The van der Waals surface area contributed by atoms with Crippen LogP contribution >= 0.6 is 8.58 Å². The van der Waals surface area contributed by atoms with Crippen LogP contribution in [0.3, 0.4) is 0 Å². The number of ether oxygens (including phenoxy) is 1. The number of epoxide rings is 1. The zero-order valence-corrected chi connectivity index (χ0v) is 8.25. The summed E-state index contributed by atoms with van der Waals surface area (Å²) in [6, 6.07) is 0. The molecule has 0 saturated carbocycles. The van der Waals surface area contributed by atoms with Gasteiger partial charge in [-0.25, -0.2) is 0 Å². The van der Waals surface area contributed by atoms with E-state index in [1.807, 2.05) is 6.66 Å². The van der Waals surface area contributed by atoms with Gasteiger partial charge in [0.2, 0.25) is 5.65 Å². The van der Waals surface area contributed by atoms with Gasteiger partial charge in [-0.15, -0.1) is 6.58 Å². The lowest BCUT2D eigenvalue weighted by molar-refractivity contribution is 0.221. The highest BCUT2D eigenvalue weighted by molar-refractivity contribution is 7.56. The fourth-order valence-electron chi connectivity index (χ4n) is 0.974. The van der Waals surface area contributed by atoms with E-state index in [-0.39, 0.29) is 11.8 Å². The molecule has 1 fully saturated rings. The molecule has 1 saturated heterocycles. The van der Waals surface area contributed by atoms with Crippen LogP contribution in [0.25, 0.3) is 0 Å². The second kappa shape index (κ2) is 4.58. The Morgan fingerprint density at radius 1 is 1.92 bits per heavy atom. The van der Waals surface area contributed by atoms with Gasteiger partial charge in [0.05, 0.1) is 12.7 Å². The van der Waals surface area contributed by atoms with Gasteiger partial charge in [0.25, 0.3) is 0 Å². The Labute approximate surface area is 74.5 Å². The van der Waals surface area contributed by atoms with E-state index in [9.17, 15) is 4.79 Å². The highest BCUT2D eigenvalue weighted by Gasteiger charge is 2.26. The van der Waals surface area contributed by atoms with Gasteiger partial charge < -0.3 is 9.64 Å². The molecule has 0 radical (unpaired) electrons. The van der Waals surface area contributed by atoms with Gasteiger partial charge >= 0.3 is 0 Å². The molecule has 3 nitrogen and oxygen atoms in total. The standard InChI is InChI=1S/C8H14NO2P/c1-3-4-9(8(10)12-2)5-7-6-11-7/h3,7,12H,1,4-6H2,2H3. The van der Waals surface area contributed by atoms with E-state index < -0.39 is 0 Å². The lowest BCUT2D eigenvalue weighted by Crippen LogP contribution is -2.30. The van der Waals surface area contributed by atoms with Crippen LogP contribution in [-0.2, 0) is 4.74 Å². The Kier molecular flexibility index (Phi) is 3.70. The smallest absolute Gasteiger partial charge is 0.240 e. The number of carbonyl (C=O) groups is 1. The first-order chi connectivity index (χ1) is 5.77. The molecule has 1 aliphatic heterocycles. The van der Waals surface area contributed by atoms with Gasteiger partial charge in [0.15, 0.2) is 0 Å². The quantitative estimate of drug-likeness (QED) is 0.369. The molecule has 2 unspecified atom stereocenters. The number of hydrogen-bond acceptors (Lipinski definition) is 2. The zero-order valence-electron chi connectivity index (χ0n) is 7.25. The maximum absolute atomic E-state index is 11.3. The van der Waals surface area contributed by atoms with E-state index in [1.165, 1.54) is 0 Å². The van der Waals surface area contributed by atoms with Crippen molar-refractivity contribution in [2.45, 2.75) is 6.10 Å². The van der Waals surface area contributed by atoms with Crippen LogP contribution in [0.15, 0.2) is 12.7 Å². The maximum Gasteiger partial charge on any atom is 0.240 e. The molecule has 12 heavy (non-hydrogen) atoms. The molecule has 0 aromatic rings. The summed E-state index contributed by atoms with van der Waals surface area (Å²) in [6.45, 7) is 7.67. The first kappa shape index (κ1) is 9.69. The molecule has 0 aromatic carbocycles. The Balaban J connectivity index is 2.34. The predicted octanol–water partition coefficient (Wildman–Crippen LogP) is 1.30. The third-order valence-electron chi connectivity index (χ3n) is 1.68. The molecule has 2 atom stereocenters. The molecular weight excluding hydrogens is 173 g/mol. The van der Waals surface area contributed by atoms with Crippen LogP contribution in [0.2, 0.25) is 0 Å². The Bertz CT molecular complexity index is 180. The van der Waals surface area contributed by atoms with Gasteiger partial charge in [-0.1, -0.05) is 6.08 Å². The average molecular weight is 187 g/mol. The van der Waals surface area contributed by atoms with E-state index >= 15 is 0 Å². The largest absolute Gasteiger partial charge is 0.371 e. The van der Waals surface area contributed by atoms with Gasteiger partial charge in [-0.05, 0) is 15.2 Å². The molecule has 1 heterocycles. The molecule has 1 amide bonds. The summed E-state index contributed by atoms with van der Waals surface area (Å²) >= 11 is 0. The van der Waals surface area contributed by atoms with E-state index in [0.29, 0.717) is 15.1 Å². The van der Waals surface area contributed by atoms with E-state index in [4.69, 9.17) is 4.74 Å². The summed E-state index contributed by atoms with van der Waals surface area (Å²) in [6.07, 6.45) is 2.03. The fourth-order valence-corrected chi connectivity index (χ4v) is 1.47. The molecule has 0 N–H and O–H groups in total. The minimum Gasteiger partial charge on any atom is -0.371 e. The monoisotopic (exact) mass is 187 g/mol. The van der Waals surface area contributed by atoms with Crippen molar-refractivity contribution in [3.63, 3.8) is 0 Å². The first-order valence-electron chi connectivity index (χ1n) is 3.97. The summed E-state index contributed by atoms with van der Waals surface area (Å²) in [5, 5.41) is 0. The second-order valence-electron chi connectivity index (χ2n) is 2.70. The van der Waals surface area contributed by atoms with Crippen molar-refractivity contribution in [2.75, 3.05) is 26.4 Å². The van der Waals surface area contributed by atoms with Gasteiger partial charge in [-0.2, -0.15) is 0 Å². The first-order valence-corrected chi connectivity index (χ1v) is 5.47. The topological polar surface area (TPSA) is 32.8 Å². The molecule has 1 rings (SSSR count). The zero-order chi connectivity index (χ0) is 8.97. The number of nitrogens with zero attached hydrogens (tertiary/aromatic N) is 1. The molecule has 0 aromatic heterocycles. The molecule has 68 valence electrons. The fraction of sp³-hybridized carbons (Fsp3) is 0.625.